The van der Waals surface area contributed by atoms with Gasteiger partial charge in [0.1, 0.15) is 11.5 Å². The highest BCUT2D eigenvalue weighted by Gasteiger charge is 2.36. The third-order valence-corrected chi connectivity index (χ3v) is 5.40. The standard InChI is InChI=1S/C21H22N4O7/c1-8(2)24-18(28)14(16(27)22-20(24)30)13-11-6-5-10(26)7-12(11)32-17-15(13)19(29)25(9(3)4)21(31)23-17/h5-9,13,26,28H,1-4H3,(H,23,31)(H,22,27,30)/p-1. The highest BCUT2D eigenvalue weighted by molar-refractivity contribution is 5.58. The molecule has 168 valence electrons. The van der Waals surface area contributed by atoms with Crippen molar-refractivity contribution in [3.05, 3.63) is 76.6 Å². The Balaban J connectivity index is 2.18. The minimum Gasteiger partial charge on any atom is -0.860 e. The van der Waals surface area contributed by atoms with Crippen LogP contribution in [0.2, 0.25) is 0 Å². The number of ether oxygens (including phenoxy) is 1. The fourth-order valence-corrected chi connectivity index (χ4v) is 4.03. The predicted octanol–water partition coefficient (Wildman–Crippen LogP) is 0.613. The first-order valence-electron chi connectivity index (χ1n) is 9.98. The van der Waals surface area contributed by atoms with Crippen LogP contribution < -0.4 is 32.3 Å². The summed E-state index contributed by atoms with van der Waals surface area (Å²) < 4.78 is 7.52. The van der Waals surface area contributed by atoms with Crippen LogP contribution in [0, 0.1) is 0 Å². The zero-order valence-corrected chi connectivity index (χ0v) is 17.8. The maximum absolute atomic E-state index is 13.4. The Kier molecular flexibility index (Phi) is 4.83. The van der Waals surface area contributed by atoms with E-state index in [0.717, 1.165) is 9.13 Å². The highest BCUT2D eigenvalue weighted by Crippen LogP contribution is 2.46. The topological polar surface area (TPSA) is 162 Å². The Morgan fingerprint density at radius 1 is 0.969 bits per heavy atom. The molecule has 3 N–H and O–H groups in total. The van der Waals surface area contributed by atoms with Gasteiger partial charge in [0.25, 0.3) is 11.1 Å². The molecule has 4 rings (SSSR count). The van der Waals surface area contributed by atoms with E-state index in [4.69, 9.17) is 4.74 Å². The van der Waals surface area contributed by atoms with E-state index >= 15 is 0 Å². The lowest BCUT2D eigenvalue weighted by Gasteiger charge is -2.31. The molecule has 11 heteroatoms. The Hall–Kier alpha value is -4.02. The van der Waals surface area contributed by atoms with E-state index in [1.54, 1.807) is 27.7 Å². The number of H-pyrrole nitrogens is 2. The molecule has 0 saturated heterocycles. The van der Waals surface area contributed by atoms with E-state index in [0.29, 0.717) is 0 Å². The van der Waals surface area contributed by atoms with Crippen molar-refractivity contribution >= 4 is 0 Å². The van der Waals surface area contributed by atoms with Crippen molar-refractivity contribution in [3.8, 4) is 23.3 Å². The number of fused-ring (bicyclic) bond motifs is 2. The Labute approximate surface area is 180 Å². The number of phenolic OH excluding ortho intramolecular Hbond substituents is 1. The van der Waals surface area contributed by atoms with Crippen LogP contribution in [0.3, 0.4) is 0 Å². The number of rotatable bonds is 3. The van der Waals surface area contributed by atoms with Crippen LogP contribution in [0.25, 0.3) is 0 Å². The molecule has 1 unspecified atom stereocenters. The molecule has 0 fully saturated rings. The van der Waals surface area contributed by atoms with E-state index in [-0.39, 0.29) is 34.1 Å². The number of nitrogens with one attached hydrogen (secondary N) is 2. The molecule has 1 aromatic carbocycles. The van der Waals surface area contributed by atoms with E-state index in [2.05, 4.69) is 9.97 Å². The number of aromatic nitrogens is 4. The van der Waals surface area contributed by atoms with Gasteiger partial charge in [-0.25, -0.2) is 9.59 Å². The van der Waals surface area contributed by atoms with Crippen LogP contribution in [-0.2, 0) is 0 Å². The highest BCUT2D eigenvalue weighted by atomic mass is 16.5. The summed E-state index contributed by atoms with van der Waals surface area (Å²) in [5, 5.41) is 23.2. The van der Waals surface area contributed by atoms with Crippen LogP contribution in [0.15, 0.2) is 37.4 Å². The number of hydrogen-bond donors (Lipinski definition) is 3. The average Bonchev–Trinajstić information content (AvgIpc) is 2.65. The van der Waals surface area contributed by atoms with Gasteiger partial charge in [-0.2, -0.15) is 0 Å². The summed E-state index contributed by atoms with van der Waals surface area (Å²) in [7, 11) is 0. The number of phenols is 1. The Morgan fingerprint density at radius 3 is 2.22 bits per heavy atom. The maximum Gasteiger partial charge on any atom is 0.331 e. The van der Waals surface area contributed by atoms with Gasteiger partial charge in [-0.05, 0) is 39.6 Å². The van der Waals surface area contributed by atoms with Gasteiger partial charge in [0, 0.05) is 29.3 Å². The second-order valence-corrected chi connectivity index (χ2v) is 8.14. The molecule has 0 spiro atoms. The van der Waals surface area contributed by atoms with Gasteiger partial charge in [-0.1, -0.05) is 6.07 Å². The van der Waals surface area contributed by atoms with Gasteiger partial charge in [0.2, 0.25) is 5.88 Å². The number of aromatic hydroxyl groups is 1. The molecule has 3 aromatic rings. The number of hydrogen-bond acceptors (Lipinski definition) is 7. The molecule has 2 aromatic heterocycles. The summed E-state index contributed by atoms with van der Waals surface area (Å²) >= 11 is 0. The first-order chi connectivity index (χ1) is 15.0. The number of nitrogens with zero attached hydrogens (tertiary/aromatic N) is 2. The molecule has 0 amide bonds. The third kappa shape index (κ3) is 3.04. The summed E-state index contributed by atoms with van der Waals surface area (Å²) in [6.45, 7) is 6.49. The van der Waals surface area contributed by atoms with Crippen molar-refractivity contribution in [3.63, 3.8) is 0 Å². The van der Waals surface area contributed by atoms with Gasteiger partial charge in [0.05, 0.1) is 11.5 Å². The summed E-state index contributed by atoms with van der Waals surface area (Å²) in [5.74, 6) is -2.44. The lowest BCUT2D eigenvalue weighted by molar-refractivity contribution is -0.282. The first-order valence-corrected chi connectivity index (χ1v) is 9.98. The van der Waals surface area contributed by atoms with Gasteiger partial charge < -0.3 is 19.5 Å². The van der Waals surface area contributed by atoms with Crippen molar-refractivity contribution in [1.82, 2.24) is 19.1 Å². The molecule has 32 heavy (non-hydrogen) atoms. The summed E-state index contributed by atoms with van der Waals surface area (Å²) in [5.41, 5.74) is -3.50. The lowest BCUT2D eigenvalue weighted by Crippen LogP contribution is -2.42. The molecule has 0 bridgehead atoms. The molecule has 1 aliphatic heterocycles. The van der Waals surface area contributed by atoms with Gasteiger partial charge in [-0.3, -0.25) is 24.1 Å². The summed E-state index contributed by atoms with van der Waals surface area (Å²) in [6.07, 6.45) is 0. The van der Waals surface area contributed by atoms with Crippen LogP contribution in [0.4, 0.5) is 0 Å². The molecule has 0 aliphatic carbocycles. The number of aromatic amines is 2. The SMILES string of the molecule is CC(C)n1c([O-])c(C2c3ccc(O)cc3Oc3[nH]c(=O)n(C(C)C)c(=O)c32)c(=O)[nH]c1=O. The second kappa shape index (κ2) is 7.29. The van der Waals surface area contributed by atoms with Crippen molar-refractivity contribution < 1.29 is 14.9 Å². The molecular formula is C21H21N4O7-. The minimum atomic E-state index is -1.24. The molecule has 11 nitrogen and oxygen atoms in total. The van der Waals surface area contributed by atoms with Crippen LogP contribution >= 0.6 is 0 Å². The van der Waals surface area contributed by atoms with E-state index < -0.39 is 46.4 Å². The van der Waals surface area contributed by atoms with Gasteiger partial charge in [0.15, 0.2) is 0 Å². The summed E-state index contributed by atoms with van der Waals surface area (Å²) in [6, 6.07) is 2.91. The molecular weight excluding hydrogens is 420 g/mol. The predicted molar refractivity (Wildman–Crippen MR) is 112 cm³/mol. The Morgan fingerprint density at radius 2 is 1.59 bits per heavy atom. The van der Waals surface area contributed by atoms with Crippen LogP contribution in [0.1, 0.15) is 62.4 Å². The van der Waals surface area contributed by atoms with Crippen molar-refractivity contribution in [2.24, 2.45) is 0 Å². The smallest absolute Gasteiger partial charge is 0.331 e. The zero-order valence-electron chi connectivity index (χ0n) is 17.8. The van der Waals surface area contributed by atoms with Crippen LogP contribution in [-0.4, -0.2) is 24.2 Å². The molecule has 0 saturated carbocycles. The number of benzene rings is 1. The largest absolute Gasteiger partial charge is 0.860 e. The van der Waals surface area contributed by atoms with E-state index in [1.807, 2.05) is 0 Å². The van der Waals surface area contributed by atoms with Crippen molar-refractivity contribution in [2.45, 2.75) is 45.7 Å². The fourth-order valence-electron chi connectivity index (χ4n) is 4.03. The van der Waals surface area contributed by atoms with Crippen molar-refractivity contribution in [1.29, 1.82) is 0 Å². The fraction of sp³-hybridized carbons (Fsp3) is 0.333. The lowest BCUT2D eigenvalue weighted by atomic mass is 9.84. The van der Waals surface area contributed by atoms with Crippen LogP contribution in [0.5, 0.6) is 23.3 Å². The Bertz CT molecular complexity index is 1470. The minimum absolute atomic E-state index is 0.0564. The van der Waals surface area contributed by atoms with E-state index in [9.17, 15) is 29.4 Å². The maximum atomic E-state index is 13.4. The zero-order chi connectivity index (χ0) is 23.5. The monoisotopic (exact) mass is 441 g/mol. The van der Waals surface area contributed by atoms with Gasteiger partial charge >= 0.3 is 11.4 Å². The summed E-state index contributed by atoms with van der Waals surface area (Å²) in [4.78, 5) is 55.7. The normalized spacial score (nSPS) is 14.9. The third-order valence-electron chi connectivity index (χ3n) is 5.40. The first kappa shape index (κ1) is 21.2. The molecule has 0 radical (unpaired) electrons. The molecule has 1 atom stereocenters. The second-order valence-electron chi connectivity index (χ2n) is 8.14. The van der Waals surface area contributed by atoms with Gasteiger partial charge in [-0.15, -0.1) is 0 Å². The molecule has 3 heterocycles. The quantitative estimate of drug-likeness (QED) is 0.419. The average molecular weight is 441 g/mol. The van der Waals surface area contributed by atoms with Crippen molar-refractivity contribution in [2.75, 3.05) is 0 Å². The molecule has 1 aliphatic rings. The van der Waals surface area contributed by atoms with E-state index in [1.165, 1.54) is 18.2 Å².